The molecule has 3 aromatic carbocycles. The lowest BCUT2D eigenvalue weighted by Gasteiger charge is -2.18. The Morgan fingerprint density at radius 2 is 1.77 bits per heavy atom. The number of fused-ring (bicyclic) bond motifs is 1. The Morgan fingerprint density at radius 1 is 1.00 bits per heavy atom. The van der Waals surface area contributed by atoms with Crippen molar-refractivity contribution in [3.8, 4) is 0 Å². The van der Waals surface area contributed by atoms with Gasteiger partial charge in [0.05, 0.1) is 0 Å². The van der Waals surface area contributed by atoms with Gasteiger partial charge >= 0.3 is 5.97 Å². The number of carbonyl (C=O) groups is 3. The first-order valence-corrected chi connectivity index (χ1v) is 11.8. The average molecular weight is 585 g/mol. The molecule has 35 heavy (non-hydrogen) atoms. The van der Waals surface area contributed by atoms with Crippen molar-refractivity contribution in [2.75, 3.05) is 11.9 Å². The van der Waals surface area contributed by atoms with Crippen LogP contribution in [-0.2, 0) is 20.7 Å². The first-order valence-electron chi connectivity index (χ1n) is 10.7. The molecule has 178 valence electrons. The van der Waals surface area contributed by atoms with Gasteiger partial charge in [0.25, 0.3) is 11.8 Å². The molecule has 4 aromatic rings. The highest BCUT2D eigenvalue weighted by molar-refractivity contribution is 14.1. The summed E-state index contributed by atoms with van der Waals surface area (Å²) in [6.07, 6.45) is 1.90. The van der Waals surface area contributed by atoms with Crippen LogP contribution in [0.2, 0.25) is 0 Å². The van der Waals surface area contributed by atoms with Gasteiger partial charge in [-0.3, -0.25) is 9.59 Å². The monoisotopic (exact) mass is 585 g/mol. The van der Waals surface area contributed by atoms with Crippen LogP contribution in [-0.4, -0.2) is 35.4 Å². The molecular weight excluding hydrogens is 564 g/mol. The van der Waals surface area contributed by atoms with Crippen molar-refractivity contribution < 1.29 is 23.5 Å². The van der Waals surface area contributed by atoms with Gasteiger partial charge < -0.3 is 20.4 Å². The summed E-state index contributed by atoms with van der Waals surface area (Å²) in [4.78, 5) is 41.1. The number of hydrogen-bond donors (Lipinski definition) is 3. The van der Waals surface area contributed by atoms with E-state index in [1.54, 1.807) is 24.4 Å². The van der Waals surface area contributed by atoms with Gasteiger partial charge in [-0.2, -0.15) is 0 Å². The Bertz CT molecular complexity index is 1370. The van der Waals surface area contributed by atoms with Gasteiger partial charge in [0.15, 0.2) is 6.61 Å². The molecule has 0 saturated carbocycles. The van der Waals surface area contributed by atoms with Crippen molar-refractivity contribution in [1.29, 1.82) is 0 Å². The van der Waals surface area contributed by atoms with E-state index in [9.17, 15) is 18.8 Å². The Balaban J connectivity index is 1.47. The highest BCUT2D eigenvalue weighted by atomic mass is 127. The van der Waals surface area contributed by atoms with Crippen LogP contribution in [0.4, 0.5) is 10.1 Å². The van der Waals surface area contributed by atoms with Gasteiger partial charge in [0.2, 0.25) is 0 Å². The second-order valence-electron chi connectivity index (χ2n) is 7.76. The predicted molar refractivity (Wildman–Crippen MR) is 138 cm³/mol. The minimum absolute atomic E-state index is 0.133. The van der Waals surface area contributed by atoms with Crippen LogP contribution < -0.4 is 10.6 Å². The summed E-state index contributed by atoms with van der Waals surface area (Å²) in [6.45, 7) is -0.513. The smallest absolute Gasteiger partial charge is 0.329 e. The number of hydrogen-bond acceptors (Lipinski definition) is 4. The maximum Gasteiger partial charge on any atom is 0.329 e. The topological polar surface area (TPSA) is 100 Å². The summed E-state index contributed by atoms with van der Waals surface area (Å²) in [7, 11) is 0. The molecule has 1 atom stereocenters. The molecular formula is C26H21FIN3O4. The van der Waals surface area contributed by atoms with E-state index in [0.717, 1.165) is 32.2 Å². The first-order chi connectivity index (χ1) is 16.9. The summed E-state index contributed by atoms with van der Waals surface area (Å²) in [5, 5.41) is 6.22. The molecule has 0 aliphatic heterocycles. The van der Waals surface area contributed by atoms with Crippen molar-refractivity contribution in [3.05, 3.63) is 99.5 Å². The fraction of sp³-hybridized carbons (Fsp3) is 0.115. The molecule has 3 N–H and O–H groups in total. The number of esters is 1. The van der Waals surface area contributed by atoms with Crippen LogP contribution in [0.3, 0.4) is 0 Å². The van der Waals surface area contributed by atoms with Crippen LogP contribution in [0.25, 0.3) is 10.9 Å². The maximum atomic E-state index is 13.2. The fourth-order valence-electron chi connectivity index (χ4n) is 3.56. The van der Waals surface area contributed by atoms with Gasteiger partial charge in [0.1, 0.15) is 11.9 Å². The quantitative estimate of drug-likeness (QED) is 0.211. The number of amides is 2. The predicted octanol–water partition coefficient (Wildman–Crippen LogP) is 4.43. The molecule has 0 bridgehead atoms. The molecule has 1 heterocycles. The van der Waals surface area contributed by atoms with Crippen molar-refractivity contribution in [3.63, 3.8) is 0 Å². The van der Waals surface area contributed by atoms with Gasteiger partial charge in [-0.15, -0.1) is 0 Å². The van der Waals surface area contributed by atoms with Crippen LogP contribution >= 0.6 is 22.6 Å². The molecule has 0 aliphatic rings. The Hall–Kier alpha value is -3.73. The van der Waals surface area contributed by atoms with E-state index in [1.807, 2.05) is 30.3 Å². The summed E-state index contributed by atoms with van der Waals surface area (Å²) in [5.74, 6) is -2.30. The van der Waals surface area contributed by atoms with Crippen LogP contribution in [0.1, 0.15) is 15.9 Å². The van der Waals surface area contributed by atoms with E-state index in [-0.39, 0.29) is 12.0 Å². The number of nitrogens with one attached hydrogen (secondary N) is 3. The lowest BCUT2D eigenvalue weighted by molar-refractivity contribution is -0.149. The van der Waals surface area contributed by atoms with Gasteiger partial charge in [-0.05, 0) is 76.7 Å². The van der Waals surface area contributed by atoms with Crippen molar-refractivity contribution >= 4 is 57.0 Å². The van der Waals surface area contributed by atoms with Crippen LogP contribution in [0.5, 0.6) is 0 Å². The largest absolute Gasteiger partial charge is 0.454 e. The van der Waals surface area contributed by atoms with Gasteiger partial charge in [0, 0.05) is 38.3 Å². The number of para-hydroxylation sites is 1. The van der Waals surface area contributed by atoms with E-state index in [1.165, 1.54) is 12.1 Å². The molecule has 0 unspecified atom stereocenters. The number of H-pyrrole nitrogens is 1. The Kier molecular flexibility index (Phi) is 7.76. The third kappa shape index (κ3) is 6.44. The highest BCUT2D eigenvalue weighted by Gasteiger charge is 2.25. The Labute approximate surface area is 214 Å². The van der Waals surface area contributed by atoms with Crippen molar-refractivity contribution in [2.45, 2.75) is 12.5 Å². The zero-order valence-corrected chi connectivity index (χ0v) is 20.5. The number of aromatic nitrogens is 1. The molecule has 0 saturated heterocycles. The molecule has 7 nitrogen and oxygen atoms in total. The second-order valence-corrected chi connectivity index (χ2v) is 9.01. The van der Waals surface area contributed by atoms with E-state index < -0.39 is 36.2 Å². The van der Waals surface area contributed by atoms with E-state index in [4.69, 9.17) is 4.74 Å². The summed E-state index contributed by atoms with van der Waals surface area (Å²) in [5.41, 5.74) is 2.46. The van der Waals surface area contributed by atoms with E-state index in [2.05, 4.69) is 38.2 Å². The molecule has 0 fully saturated rings. The molecule has 9 heteroatoms. The number of anilines is 1. The second kappa shape index (κ2) is 11.1. The molecule has 1 aromatic heterocycles. The Morgan fingerprint density at radius 3 is 2.54 bits per heavy atom. The zero-order chi connectivity index (χ0) is 24.8. The van der Waals surface area contributed by atoms with Crippen LogP contribution in [0, 0.1) is 9.39 Å². The number of carbonyl (C=O) groups excluding carboxylic acids is 3. The summed E-state index contributed by atoms with van der Waals surface area (Å²) in [6, 6.07) is 18.7. The highest BCUT2D eigenvalue weighted by Crippen LogP contribution is 2.20. The number of halogens is 2. The maximum absolute atomic E-state index is 13.2. The molecule has 0 aliphatic carbocycles. The summed E-state index contributed by atoms with van der Waals surface area (Å²) < 4.78 is 19.4. The average Bonchev–Trinajstić information content (AvgIpc) is 3.25. The number of ether oxygens (including phenoxy) is 1. The molecule has 4 rings (SSSR count). The van der Waals surface area contributed by atoms with Crippen molar-refractivity contribution in [1.82, 2.24) is 10.3 Å². The minimum Gasteiger partial charge on any atom is -0.454 e. The SMILES string of the molecule is O=C(COC(=O)[C@H](Cc1c[nH]c2ccccc12)NC(=O)c1ccc(F)cc1)Nc1cccc(I)c1. The van der Waals surface area contributed by atoms with Gasteiger partial charge in [-0.1, -0.05) is 24.3 Å². The van der Waals surface area contributed by atoms with E-state index in [0.29, 0.717) is 5.69 Å². The zero-order valence-electron chi connectivity index (χ0n) is 18.4. The van der Waals surface area contributed by atoms with E-state index >= 15 is 0 Å². The third-order valence-electron chi connectivity index (χ3n) is 5.25. The standard InChI is InChI=1S/C26H21FIN3O4/c27-18-10-8-16(9-11-18)25(33)31-23(12-17-14-29-22-7-2-1-6-21(17)22)26(34)35-15-24(32)30-20-5-3-4-19(28)13-20/h1-11,13-14,23,29H,12,15H2,(H,30,32)(H,31,33)/t23-/m0/s1. The normalized spacial score (nSPS) is 11.6. The molecule has 0 spiro atoms. The number of rotatable bonds is 8. The number of aromatic amines is 1. The third-order valence-corrected chi connectivity index (χ3v) is 5.92. The van der Waals surface area contributed by atoms with Gasteiger partial charge in [-0.25, -0.2) is 9.18 Å². The van der Waals surface area contributed by atoms with Crippen molar-refractivity contribution in [2.24, 2.45) is 0 Å². The first kappa shape index (κ1) is 24.4. The minimum atomic E-state index is -1.07. The lowest BCUT2D eigenvalue weighted by atomic mass is 10.0. The summed E-state index contributed by atoms with van der Waals surface area (Å²) >= 11 is 2.13. The molecule has 2 amide bonds. The van der Waals surface area contributed by atoms with Crippen LogP contribution in [0.15, 0.2) is 79.0 Å². The number of benzene rings is 3. The fourth-order valence-corrected chi connectivity index (χ4v) is 4.10. The molecule has 0 radical (unpaired) electrons. The lowest BCUT2D eigenvalue weighted by Crippen LogP contribution is -2.44.